The van der Waals surface area contributed by atoms with Crippen molar-refractivity contribution < 1.29 is 19.0 Å². The summed E-state index contributed by atoms with van der Waals surface area (Å²) in [6.45, 7) is 6.88. The molecule has 1 amide bonds. The van der Waals surface area contributed by atoms with E-state index in [1.165, 1.54) is 0 Å². The van der Waals surface area contributed by atoms with E-state index in [1.54, 1.807) is 14.2 Å². The van der Waals surface area contributed by atoms with Gasteiger partial charge in [-0.25, -0.2) is 0 Å². The van der Waals surface area contributed by atoms with Gasteiger partial charge in [0.25, 0.3) is 0 Å². The average Bonchev–Trinajstić information content (AvgIpc) is 2.75. The van der Waals surface area contributed by atoms with Crippen molar-refractivity contribution in [3.63, 3.8) is 0 Å². The Kier molecular flexibility index (Phi) is 6.01. The lowest BCUT2D eigenvalue weighted by atomic mass is 9.78. The van der Waals surface area contributed by atoms with Gasteiger partial charge in [-0.2, -0.15) is 0 Å². The summed E-state index contributed by atoms with van der Waals surface area (Å²) in [5.74, 6) is 0.673. The molecule has 4 rings (SSSR count). The third-order valence-electron chi connectivity index (χ3n) is 6.28. The molecule has 7 nitrogen and oxygen atoms in total. The largest absolute Gasteiger partial charge is 0.497 e. The predicted molar refractivity (Wildman–Crippen MR) is 127 cm³/mol. The summed E-state index contributed by atoms with van der Waals surface area (Å²) in [6, 6.07) is 11.2. The summed E-state index contributed by atoms with van der Waals surface area (Å²) < 4.78 is 17.2. The fourth-order valence-electron chi connectivity index (χ4n) is 4.63. The zero-order valence-electron chi connectivity index (χ0n) is 19.0. The van der Waals surface area contributed by atoms with Crippen molar-refractivity contribution in [2.75, 3.05) is 32.7 Å². The van der Waals surface area contributed by atoms with Crippen molar-refractivity contribution in [3.05, 3.63) is 53.1 Å². The predicted octanol–water partition coefficient (Wildman–Crippen LogP) is 3.55. The summed E-state index contributed by atoms with van der Waals surface area (Å²) in [5, 5.41) is 7.03. The molecule has 3 atom stereocenters. The topological polar surface area (TPSA) is 72.1 Å². The molecule has 170 valence electrons. The number of carbonyl (C=O) groups excluding carboxylic acids is 1. The summed E-state index contributed by atoms with van der Waals surface area (Å²) in [7, 11) is 3.25. The molecule has 1 saturated heterocycles. The molecule has 2 aromatic carbocycles. The lowest BCUT2D eigenvalue weighted by molar-refractivity contribution is -0.150. The number of hydrogen-bond acceptors (Lipinski definition) is 5. The van der Waals surface area contributed by atoms with Gasteiger partial charge in [0.2, 0.25) is 5.91 Å². The van der Waals surface area contributed by atoms with E-state index in [2.05, 4.69) is 10.6 Å². The van der Waals surface area contributed by atoms with Crippen molar-refractivity contribution in [2.45, 2.75) is 32.5 Å². The van der Waals surface area contributed by atoms with Crippen molar-refractivity contribution in [2.24, 2.45) is 5.92 Å². The van der Waals surface area contributed by atoms with Crippen LogP contribution < -0.4 is 20.1 Å². The highest BCUT2D eigenvalue weighted by molar-refractivity contribution is 7.80. The van der Waals surface area contributed by atoms with Crippen LogP contribution in [-0.4, -0.2) is 49.0 Å². The van der Waals surface area contributed by atoms with Gasteiger partial charge in [-0.15, -0.1) is 0 Å². The van der Waals surface area contributed by atoms with Gasteiger partial charge in [0.1, 0.15) is 17.4 Å². The van der Waals surface area contributed by atoms with E-state index in [-0.39, 0.29) is 11.9 Å². The van der Waals surface area contributed by atoms with E-state index >= 15 is 0 Å². The smallest absolute Gasteiger partial charge is 0.236 e. The maximum Gasteiger partial charge on any atom is 0.236 e. The van der Waals surface area contributed by atoms with Gasteiger partial charge in [0.05, 0.1) is 19.8 Å². The Labute approximate surface area is 194 Å². The average molecular weight is 456 g/mol. The molecule has 2 bridgehead atoms. The van der Waals surface area contributed by atoms with Crippen LogP contribution in [0.2, 0.25) is 0 Å². The van der Waals surface area contributed by atoms with Gasteiger partial charge in [0, 0.05) is 24.9 Å². The Hall–Kier alpha value is -2.84. The summed E-state index contributed by atoms with van der Waals surface area (Å²) in [5.41, 5.74) is 2.79. The summed E-state index contributed by atoms with van der Waals surface area (Å²) >= 11 is 5.68. The highest BCUT2D eigenvalue weighted by Gasteiger charge is 2.58. The van der Waals surface area contributed by atoms with Crippen LogP contribution in [0.1, 0.15) is 29.7 Å². The molecule has 0 unspecified atom stereocenters. The van der Waals surface area contributed by atoms with Crippen LogP contribution >= 0.6 is 12.2 Å². The molecule has 0 radical (unpaired) electrons. The number of methoxy groups -OCH3 is 2. The number of fused-ring (bicyclic) bond motifs is 4. The second-order valence-electron chi connectivity index (χ2n) is 8.42. The molecule has 1 fully saturated rings. The third-order valence-corrected chi connectivity index (χ3v) is 6.62. The molecule has 2 N–H and O–H groups in total. The molecule has 0 aliphatic carbocycles. The normalized spacial score (nSPS) is 23.7. The molecular weight excluding hydrogens is 426 g/mol. The number of rotatable bonds is 6. The first-order valence-corrected chi connectivity index (χ1v) is 11.0. The number of aryl methyl sites for hydroxylation is 2. The van der Waals surface area contributed by atoms with Crippen LogP contribution in [0.15, 0.2) is 36.4 Å². The van der Waals surface area contributed by atoms with E-state index in [0.717, 1.165) is 22.4 Å². The number of thiocarbonyl (C=S) groups is 1. The minimum atomic E-state index is -0.990. The van der Waals surface area contributed by atoms with Gasteiger partial charge >= 0.3 is 0 Å². The zero-order valence-corrected chi connectivity index (χ0v) is 19.8. The number of ether oxygens (including phenoxy) is 3. The molecule has 0 saturated carbocycles. The lowest BCUT2D eigenvalue weighted by Gasteiger charge is -2.56. The molecule has 32 heavy (non-hydrogen) atoms. The van der Waals surface area contributed by atoms with Gasteiger partial charge < -0.3 is 29.7 Å². The van der Waals surface area contributed by atoms with Crippen LogP contribution in [0.25, 0.3) is 0 Å². The van der Waals surface area contributed by atoms with Crippen molar-refractivity contribution in [1.82, 2.24) is 10.2 Å². The highest BCUT2D eigenvalue weighted by Crippen LogP contribution is 2.49. The molecule has 0 aromatic heterocycles. The molecule has 2 aliphatic heterocycles. The second kappa shape index (κ2) is 8.60. The van der Waals surface area contributed by atoms with Gasteiger partial charge in [-0.3, -0.25) is 4.79 Å². The Morgan fingerprint density at radius 3 is 2.72 bits per heavy atom. The van der Waals surface area contributed by atoms with Gasteiger partial charge in [-0.1, -0.05) is 17.7 Å². The lowest BCUT2D eigenvalue weighted by Crippen LogP contribution is -2.72. The number of benzene rings is 2. The molecule has 2 aromatic rings. The second-order valence-corrected chi connectivity index (χ2v) is 8.80. The number of nitrogens with one attached hydrogen (secondary N) is 2. The van der Waals surface area contributed by atoms with E-state index in [1.807, 2.05) is 62.1 Å². The van der Waals surface area contributed by atoms with Crippen molar-refractivity contribution in [3.8, 4) is 11.5 Å². The molecular formula is C24H29N3O4S. The maximum atomic E-state index is 13.8. The summed E-state index contributed by atoms with van der Waals surface area (Å²) in [4.78, 5) is 15.7. The number of nitrogens with zero attached hydrogens (tertiary/aromatic N) is 1. The maximum absolute atomic E-state index is 13.8. The highest BCUT2D eigenvalue weighted by atomic mass is 32.1. The van der Waals surface area contributed by atoms with Crippen LogP contribution in [0.4, 0.5) is 5.69 Å². The fourth-order valence-corrected chi connectivity index (χ4v) is 5.03. The number of anilines is 1. The van der Waals surface area contributed by atoms with Crippen LogP contribution in [-0.2, 0) is 9.53 Å². The van der Waals surface area contributed by atoms with Crippen molar-refractivity contribution >= 4 is 28.9 Å². The minimum Gasteiger partial charge on any atom is -0.497 e. The Bertz CT molecular complexity index is 1060. The first-order chi connectivity index (χ1) is 15.3. The first kappa shape index (κ1) is 22.4. The molecule has 2 heterocycles. The van der Waals surface area contributed by atoms with Crippen LogP contribution in [0, 0.1) is 19.8 Å². The molecule has 2 aliphatic rings. The van der Waals surface area contributed by atoms with E-state index < -0.39 is 11.6 Å². The number of hydrogen-bond donors (Lipinski definition) is 2. The third kappa shape index (κ3) is 3.78. The van der Waals surface area contributed by atoms with Crippen LogP contribution in [0.5, 0.6) is 11.5 Å². The van der Waals surface area contributed by atoms with E-state index in [4.69, 9.17) is 26.4 Å². The number of amides is 1. The quantitative estimate of drug-likeness (QED) is 0.646. The minimum absolute atomic E-state index is 0.143. The fraction of sp³-hybridized carbons (Fsp3) is 0.417. The molecule has 0 spiro atoms. The Morgan fingerprint density at radius 2 is 2.03 bits per heavy atom. The Balaban J connectivity index is 1.77. The number of carbonyl (C=O) groups is 1. The van der Waals surface area contributed by atoms with Crippen molar-refractivity contribution in [1.29, 1.82) is 0 Å². The summed E-state index contributed by atoms with van der Waals surface area (Å²) in [6.07, 6.45) is 0. The zero-order chi connectivity index (χ0) is 23.0. The van der Waals surface area contributed by atoms with Gasteiger partial charge in [0.15, 0.2) is 10.8 Å². The van der Waals surface area contributed by atoms with Crippen LogP contribution in [0.3, 0.4) is 0 Å². The molecule has 8 heteroatoms. The first-order valence-electron chi connectivity index (χ1n) is 10.6. The SMILES string of the molecule is COCCN1C(=S)N[C@H]2c3cc(OC)ccc3O[C@@]1(C)[C@H]2C(=O)Nc1ccc(C)cc1C. The Morgan fingerprint density at radius 1 is 1.25 bits per heavy atom. The van der Waals surface area contributed by atoms with Gasteiger partial charge in [-0.05, 0) is 62.8 Å². The standard InChI is InChI=1S/C24H29N3O4S/c1-14-6-8-18(15(2)12-14)25-22(28)20-21-17-13-16(30-5)7-9-19(17)31-24(20,3)27(10-11-29-4)23(32)26-21/h6-9,12-13,20-21H,10-11H2,1-5H3,(H,25,28)(H,26,32)/t20-,21+,24+/m1/s1. The van der Waals surface area contributed by atoms with E-state index in [0.29, 0.717) is 29.8 Å². The van der Waals surface area contributed by atoms with E-state index in [9.17, 15) is 4.79 Å². The monoisotopic (exact) mass is 455 g/mol.